The van der Waals surface area contributed by atoms with E-state index >= 15 is 0 Å². The molecule has 2 aliphatic heterocycles. The SMILES string of the molecule is COc1ccc(CNC(=O)[C@H]2CS[C@@]3(c4ccccc4)CCC(=O)N23)cc1. The van der Waals surface area contributed by atoms with Crippen LogP contribution in [0.25, 0.3) is 0 Å². The highest BCUT2D eigenvalue weighted by atomic mass is 32.2. The number of nitrogens with zero attached hydrogens (tertiary/aromatic N) is 1. The molecule has 4 rings (SSSR count). The first-order valence-electron chi connectivity index (χ1n) is 9.06. The van der Waals surface area contributed by atoms with Gasteiger partial charge in [-0.25, -0.2) is 0 Å². The van der Waals surface area contributed by atoms with E-state index in [0.717, 1.165) is 23.3 Å². The molecule has 2 amide bonds. The lowest BCUT2D eigenvalue weighted by Crippen LogP contribution is -2.49. The maximum atomic E-state index is 12.9. The van der Waals surface area contributed by atoms with Gasteiger partial charge in [-0.05, 0) is 29.7 Å². The zero-order chi connectivity index (χ0) is 18.9. The lowest BCUT2D eigenvalue weighted by Gasteiger charge is -2.34. The number of amides is 2. The summed E-state index contributed by atoms with van der Waals surface area (Å²) in [5.74, 6) is 1.38. The van der Waals surface area contributed by atoms with Crippen LogP contribution in [0, 0.1) is 0 Å². The van der Waals surface area contributed by atoms with E-state index in [9.17, 15) is 9.59 Å². The third-order valence-corrected chi connectivity index (χ3v) is 6.88. The topological polar surface area (TPSA) is 58.6 Å². The quantitative estimate of drug-likeness (QED) is 0.864. The van der Waals surface area contributed by atoms with Crippen LogP contribution in [0.5, 0.6) is 5.75 Å². The van der Waals surface area contributed by atoms with E-state index < -0.39 is 10.9 Å². The second-order valence-corrected chi connectivity index (χ2v) is 8.10. The summed E-state index contributed by atoms with van der Waals surface area (Å²) in [5, 5.41) is 2.99. The number of rotatable bonds is 5. The number of hydrogen-bond acceptors (Lipinski definition) is 4. The summed E-state index contributed by atoms with van der Waals surface area (Å²) < 4.78 is 5.15. The molecule has 0 radical (unpaired) electrons. The molecule has 2 atom stereocenters. The van der Waals surface area contributed by atoms with Crippen LogP contribution in [-0.2, 0) is 21.0 Å². The molecule has 6 heteroatoms. The average molecular weight is 382 g/mol. The summed E-state index contributed by atoms with van der Waals surface area (Å²) in [4.78, 5) is 26.9. The smallest absolute Gasteiger partial charge is 0.244 e. The van der Waals surface area contributed by atoms with Gasteiger partial charge in [-0.3, -0.25) is 9.59 Å². The van der Waals surface area contributed by atoms with Gasteiger partial charge in [-0.2, -0.15) is 0 Å². The largest absolute Gasteiger partial charge is 0.497 e. The van der Waals surface area contributed by atoms with Crippen LogP contribution in [0.4, 0.5) is 0 Å². The van der Waals surface area contributed by atoms with Gasteiger partial charge in [0.25, 0.3) is 0 Å². The Morgan fingerprint density at radius 3 is 2.67 bits per heavy atom. The summed E-state index contributed by atoms with van der Waals surface area (Å²) in [6.07, 6.45) is 1.24. The lowest BCUT2D eigenvalue weighted by atomic mass is 10.0. The molecule has 2 aliphatic rings. The number of hydrogen-bond donors (Lipinski definition) is 1. The third kappa shape index (κ3) is 3.18. The van der Waals surface area contributed by atoms with E-state index in [0.29, 0.717) is 18.7 Å². The van der Waals surface area contributed by atoms with Crippen molar-refractivity contribution < 1.29 is 14.3 Å². The van der Waals surface area contributed by atoms with Gasteiger partial charge in [0.2, 0.25) is 11.8 Å². The number of thioether (sulfide) groups is 1. The minimum absolute atomic E-state index is 0.0634. The molecule has 140 valence electrons. The first-order chi connectivity index (χ1) is 13.1. The monoisotopic (exact) mass is 382 g/mol. The van der Waals surface area contributed by atoms with Crippen LogP contribution in [0.3, 0.4) is 0 Å². The molecular weight excluding hydrogens is 360 g/mol. The van der Waals surface area contributed by atoms with E-state index in [-0.39, 0.29) is 11.8 Å². The fourth-order valence-electron chi connectivity index (χ4n) is 3.89. The number of nitrogens with one attached hydrogen (secondary N) is 1. The second kappa shape index (κ2) is 7.27. The van der Waals surface area contributed by atoms with E-state index in [4.69, 9.17) is 4.74 Å². The van der Waals surface area contributed by atoms with Crippen LogP contribution >= 0.6 is 11.8 Å². The zero-order valence-corrected chi connectivity index (χ0v) is 16.0. The molecule has 2 aromatic carbocycles. The highest BCUT2D eigenvalue weighted by Gasteiger charge is 2.56. The number of ether oxygens (including phenoxy) is 1. The van der Waals surface area contributed by atoms with Crippen molar-refractivity contribution in [3.05, 3.63) is 65.7 Å². The van der Waals surface area contributed by atoms with Gasteiger partial charge in [-0.1, -0.05) is 42.5 Å². The first-order valence-corrected chi connectivity index (χ1v) is 10.0. The molecule has 2 aromatic rings. The number of methoxy groups -OCH3 is 1. The molecule has 0 saturated carbocycles. The van der Waals surface area contributed by atoms with Crippen LogP contribution in [0.15, 0.2) is 54.6 Å². The van der Waals surface area contributed by atoms with Gasteiger partial charge in [0, 0.05) is 18.7 Å². The molecule has 0 aliphatic carbocycles. The van der Waals surface area contributed by atoms with Crippen molar-refractivity contribution in [3.8, 4) is 5.75 Å². The predicted octanol–water partition coefficient (Wildman–Crippen LogP) is 2.90. The van der Waals surface area contributed by atoms with Crippen LogP contribution in [0.1, 0.15) is 24.0 Å². The Bertz CT molecular complexity index is 840. The van der Waals surface area contributed by atoms with Gasteiger partial charge < -0.3 is 15.0 Å². The Kier molecular flexibility index (Phi) is 4.83. The number of benzene rings is 2. The number of fused-ring (bicyclic) bond motifs is 1. The predicted molar refractivity (Wildman–Crippen MR) is 105 cm³/mol. The second-order valence-electron chi connectivity index (χ2n) is 6.81. The van der Waals surface area contributed by atoms with Crippen LogP contribution in [-0.4, -0.2) is 35.6 Å². The molecule has 0 spiro atoms. The van der Waals surface area contributed by atoms with Gasteiger partial charge in [-0.15, -0.1) is 11.8 Å². The Morgan fingerprint density at radius 2 is 1.96 bits per heavy atom. The minimum Gasteiger partial charge on any atom is -0.497 e. The lowest BCUT2D eigenvalue weighted by molar-refractivity contribution is -0.138. The van der Waals surface area contributed by atoms with Gasteiger partial charge in [0.15, 0.2) is 0 Å². The minimum atomic E-state index is -0.427. The summed E-state index contributed by atoms with van der Waals surface area (Å²) in [5.41, 5.74) is 2.10. The Labute approximate surface area is 163 Å². The highest BCUT2D eigenvalue weighted by Crippen LogP contribution is 2.54. The standard InChI is InChI=1S/C21H22N2O3S/c1-26-17-9-7-15(8-10-17)13-22-20(25)18-14-27-21(12-11-19(24)23(18)21)16-5-3-2-4-6-16/h2-10,18H,11-14H2,1H3,(H,22,25)/t18-,21-/m1/s1. The zero-order valence-electron chi connectivity index (χ0n) is 15.2. The van der Waals surface area contributed by atoms with Crippen molar-refractivity contribution in [2.45, 2.75) is 30.3 Å². The van der Waals surface area contributed by atoms with Gasteiger partial charge in [0.1, 0.15) is 16.7 Å². The maximum absolute atomic E-state index is 12.9. The summed E-state index contributed by atoms with van der Waals surface area (Å²) in [6, 6.07) is 17.2. The molecule has 2 heterocycles. The molecule has 0 unspecified atom stereocenters. The van der Waals surface area contributed by atoms with E-state index in [2.05, 4.69) is 17.4 Å². The first kappa shape index (κ1) is 17.9. The molecule has 0 aromatic heterocycles. The fourth-order valence-corrected chi connectivity index (χ4v) is 5.54. The maximum Gasteiger partial charge on any atom is 0.244 e. The summed E-state index contributed by atoms with van der Waals surface area (Å²) in [7, 11) is 1.63. The Morgan fingerprint density at radius 1 is 1.22 bits per heavy atom. The fraction of sp³-hybridized carbons (Fsp3) is 0.333. The molecule has 2 saturated heterocycles. The van der Waals surface area contributed by atoms with E-state index in [1.165, 1.54) is 0 Å². The molecule has 1 N–H and O–H groups in total. The summed E-state index contributed by atoms with van der Waals surface area (Å²) >= 11 is 1.71. The van der Waals surface area contributed by atoms with E-state index in [1.54, 1.807) is 18.9 Å². The summed E-state index contributed by atoms with van der Waals surface area (Å²) in [6.45, 7) is 0.435. The molecular formula is C21H22N2O3S. The number of carbonyl (C=O) groups is 2. The normalized spacial score (nSPS) is 24.0. The van der Waals surface area contributed by atoms with Crippen molar-refractivity contribution in [2.24, 2.45) is 0 Å². The van der Waals surface area contributed by atoms with Crippen LogP contribution in [0.2, 0.25) is 0 Å². The molecule has 5 nitrogen and oxygen atoms in total. The van der Waals surface area contributed by atoms with Crippen molar-refractivity contribution in [3.63, 3.8) is 0 Å². The van der Waals surface area contributed by atoms with Crippen molar-refractivity contribution in [2.75, 3.05) is 12.9 Å². The van der Waals surface area contributed by atoms with Crippen molar-refractivity contribution in [1.29, 1.82) is 0 Å². The third-order valence-electron chi connectivity index (χ3n) is 5.28. The van der Waals surface area contributed by atoms with E-state index in [1.807, 2.05) is 47.4 Å². The van der Waals surface area contributed by atoms with Crippen molar-refractivity contribution in [1.82, 2.24) is 10.2 Å². The molecule has 0 bridgehead atoms. The van der Waals surface area contributed by atoms with Crippen LogP contribution < -0.4 is 10.1 Å². The molecule has 27 heavy (non-hydrogen) atoms. The Hall–Kier alpha value is -2.47. The molecule has 2 fully saturated rings. The van der Waals surface area contributed by atoms with Gasteiger partial charge >= 0.3 is 0 Å². The highest BCUT2D eigenvalue weighted by molar-refractivity contribution is 8.00. The van der Waals surface area contributed by atoms with Gasteiger partial charge in [0.05, 0.1) is 7.11 Å². The Balaban J connectivity index is 1.49. The average Bonchev–Trinajstić information content (AvgIpc) is 3.26. The number of carbonyl (C=O) groups excluding carboxylic acids is 2. The van der Waals surface area contributed by atoms with Crippen molar-refractivity contribution >= 4 is 23.6 Å².